The molecule has 1 atom stereocenters. The number of benzene rings is 2. The second-order valence-electron chi connectivity index (χ2n) is 5.13. The molecule has 0 radical (unpaired) electrons. The van der Waals surface area contributed by atoms with E-state index >= 15 is 0 Å². The maximum absolute atomic E-state index is 11.9. The Morgan fingerprint density at radius 2 is 1.92 bits per heavy atom. The zero-order valence-electron chi connectivity index (χ0n) is 13.0. The van der Waals surface area contributed by atoms with Crippen LogP contribution in [-0.4, -0.2) is 18.5 Å². The van der Waals surface area contributed by atoms with Gasteiger partial charge in [-0.05, 0) is 52.7 Å². The summed E-state index contributed by atoms with van der Waals surface area (Å²) in [6.45, 7) is 1.71. The maximum Gasteiger partial charge on any atom is 0.315 e. The van der Waals surface area contributed by atoms with Crippen molar-refractivity contribution in [3.8, 4) is 0 Å². The number of rotatable bonds is 5. The third kappa shape index (κ3) is 5.54. The standard InChI is InChI=1S/C17H17BrClN3O2/c1-11(12-5-4-6-13(19)9-12)21-17(24)20-10-16(23)22-15-8-3-2-7-14(15)18/h2-9,11H,10H2,1H3,(H,22,23)(H2,20,21,24). The number of hydrogen-bond acceptors (Lipinski definition) is 2. The van der Waals surface area contributed by atoms with Crippen molar-refractivity contribution in [3.05, 3.63) is 63.6 Å². The lowest BCUT2D eigenvalue weighted by molar-refractivity contribution is -0.115. The van der Waals surface area contributed by atoms with E-state index in [2.05, 4.69) is 31.9 Å². The van der Waals surface area contributed by atoms with E-state index in [1.807, 2.05) is 37.3 Å². The molecule has 1 unspecified atom stereocenters. The van der Waals surface area contributed by atoms with Crippen LogP contribution >= 0.6 is 27.5 Å². The molecule has 0 heterocycles. The number of carbonyl (C=O) groups excluding carboxylic acids is 2. The second kappa shape index (κ2) is 8.70. The summed E-state index contributed by atoms with van der Waals surface area (Å²) in [5.41, 5.74) is 1.53. The molecule has 0 aliphatic rings. The predicted octanol–water partition coefficient (Wildman–Crippen LogP) is 4.10. The highest BCUT2D eigenvalue weighted by Crippen LogP contribution is 2.21. The number of para-hydroxylation sites is 1. The molecule has 0 aliphatic carbocycles. The first-order valence-electron chi connectivity index (χ1n) is 7.30. The first-order chi connectivity index (χ1) is 11.5. The Balaban J connectivity index is 1.80. The number of anilines is 1. The van der Waals surface area contributed by atoms with Gasteiger partial charge in [-0.25, -0.2) is 4.79 Å². The van der Waals surface area contributed by atoms with Crippen LogP contribution in [0, 0.1) is 0 Å². The molecule has 126 valence electrons. The highest BCUT2D eigenvalue weighted by Gasteiger charge is 2.11. The smallest absolute Gasteiger partial charge is 0.315 e. The number of carbonyl (C=O) groups is 2. The van der Waals surface area contributed by atoms with Gasteiger partial charge in [0.25, 0.3) is 0 Å². The molecule has 2 aromatic carbocycles. The van der Waals surface area contributed by atoms with Crippen LogP contribution in [-0.2, 0) is 4.79 Å². The van der Waals surface area contributed by atoms with Crippen LogP contribution in [0.25, 0.3) is 0 Å². The van der Waals surface area contributed by atoms with E-state index in [1.54, 1.807) is 18.2 Å². The number of halogens is 2. The number of urea groups is 1. The van der Waals surface area contributed by atoms with Crippen LogP contribution in [0.1, 0.15) is 18.5 Å². The van der Waals surface area contributed by atoms with Crippen molar-refractivity contribution in [2.75, 3.05) is 11.9 Å². The Bertz CT molecular complexity index is 739. The van der Waals surface area contributed by atoms with Gasteiger partial charge in [-0.2, -0.15) is 0 Å². The topological polar surface area (TPSA) is 70.2 Å². The molecular weight excluding hydrogens is 394 g/mol. The molecule has 2 rings (SSSR count). The van der Waals surface area contributed by atoms with E-state index in [0.717, 1.165) is 10.0 Å². The molecule has 0 aromatic heterocycles. The number of hydrogen-bond donors (Lipinski definition) is 3. The summed E-state index contributed by atoms with van der Waals surface area (Å²) in [5.74, 6) is -0.313. The summed E-state index contributed by atoms with van der Waals surface area (Å²) >= 11 is 9.28. The van der Waals surface area contributed by atoms with Crippen LogP contribution < -0.4 is 16.0 Å². The van der Waals surface area contributed by atoms with Crippen molar-refractivity contribution in [2.45, 2.75) is 13.0 Å². The molecular formula is C17H17BrClN3O2. The first-order valence-corrected chi connectivity index (χ1v) is 8.47. The Hall–Kier alpha value is -2.05. The van der Waals surface area contributed by atoms with Gasteiger partial charge in [0.15, 0.2) is 0 Å². The lowest BCUT2D eigenvalue weighted by atomic mass is 10.1. The van der Waals surface area contributed by atoms with Crippen LogP contribution in [0.5, 0.6) is 0 Å². The monoisotopic (exact) mass is 409 g/mol. The molecule has 24 heavy (non-hydrogen) atoms. The third-order valence-electron chi connectivity index (χ3n) is 3.25. The van der Waals surface area contributed by atoms with Crippen molar-refractivity contribution >= 4 is 45.2 Å². The Morgan fingerprint density at radius 3 is 2.62 bits per heavy atom. The normalized spacial score (nSPS) is 11.5. The van der Waals surface area contributed by atoms with Gasteiger partial charge in [-0.3, -0.25) is 4.79 Å². The lowest BCUT2D eigenvalue weighted by Gasteiger charge is -2.15. The largest absolute Gasteiger partial charge is 0.332 e. The minimum atomic E-state index is -0.426. The second-order valence-corrected chi connectivity index (χ2v) is 6.42. The maximum atomic E-state index is 11.9. The molecule has 3 N–H and O–H groups in total. The summed E-state index contributed by atoms with van der Waals surface area (Å²) in [4.78, 5) is 23.8. The van der Waals surface area contributed by atoms with Crippen LogP contribution in [0.2, 0.25) is 5.02 Å². The van der Waals surface area contributed by atoms with Gasteiger partial charge in [0.05, 0.1) is 18.3 Å². The fourth-order valence-corrected chi connectivity index (χ4v) is 2.61. The minimum Gasteiger partial charge on any atom is -0.332 e. The van der Waals surface area contributed by atoms with Gasteiger partial charge in [0.2, 0.25) is 5.91 Å². The van der Waals surface area contributed by atoms with Gasteiger partial charge in [0, 0.05) is 9.50 Å². The summed E-state index contributed by atoms with van der Waals surface area (Å²) in [6.07, 6.45) is 0. The minimum absolute atomic E-state index is 0.130. The van der Waals surface area contributed by atoms with E-state index < -0.39 is 6.03 Å². The summed E-state index contributed by atoms with van der Waals surface area (Å²) in [5, 5.41) is 8.60. The Labute approximate surface area is 153 Å². The summed E-state index contributed by atoms with van der Waals surface area (Å²) in [6, 6.07) is 13.8. The molecule has 5 nitrogen and oxygen atoms in total. The van der Waals surface area contributed by atoms with Gasteiger partial charge >= 0.3 is 6.03 Å². The molecule has 7 heteroatoms. The van der Waals surface area contributed by atoms with E-state index in [4.69, 9.17) is 11.6 Å². The number of nitrogens with one attached hydrogen (secondary N) is 3. The van der Waals surface area contributed by atoms with Crippen LogP contribution in [0.15, 0.2) is 53.0 Å². The van der Waals surface area contributed by atoms with Crippen LogP contribution in [0.4, 0.5) is 10.5 Å². The zero-order chi connectivity index (χ0) is 17.5. The number of amides is 3. The van der Waals surface area contributed by atoms with E-state index in [9.17, 15) is 9.59 Å². The molecule has 2 aromatic rings. The quantitative estimate of drug-likeness (QED) is 0.694. The predicted molar refractivity (Wildman–Crippen MR) is 99.2 cm³/mol. The average molecular weight is 411 g/mol. The fraction of sp³-hybridized carbons (Fsp3) is 0.176. The molecule has 0 saturated heterocycles. The molecule has 0 fully saturated rings. The van der Waals surface area contributed by atoms with Gasteiger partial charge < -0.3 is 16.0 Å². The van der Waals surface area contributed by atoms with Gasteiger partial charge in [-0.15, -0.1) is 0 Å². The molecule has 0 saturated carbocycles. The summed E-state index contributed by atoms with van der Waals surface area (Å²) < 4.78 is 0.775. The average Bonchev–Trinajstić information content (AvgIpc) is 2.55. The molecule has 3 amide bonds. The van der Waals surface area contributed by atoms with Crippen molar-refractivity contribution < 1.29 is 9.59 Å². The van der Waals surface area contributed by atoms with Crippen molar-refractivity contribution in [1.82, 2.24) is 10.6 Å². The molecule has 0 spiro atoms. The Morgan fingerprint density at radius 1 is 1.17 bits per heavy atom. The van der Waals surface area contributed by atoms with Gasteiger partial charge in [-0.1, -0.05) is 35.9 Å². The van der Waals surface area contributed by atoms with E-state index in [-0.39, 0.29) is 18.5 Å². The van der Waals surface area contributed by atoms with Crippen molar-refractivity contribution in [3.63, 3.8) is 0 Å². The lowest BCUT2D eigenvalue weighted by Crippen LogP contribution is -2.41. The third-order valence-corrected chi connectivity index (χ3v) is 4.18. The highest BCUT2D eigenvalue weighted by molar-refractivity contribution is 9.10. The van der Waals surface area contributed by atoms with E-state index in [1.165, 1.54) is 0 Å². The van der Waals surface area contributed by atoms with Crippen molar-refractivity contribution in [1.29, 1.82) is 0 Å². The SMILES string of the molecule is CC(NC(=O)NCC(=O)Nc1ccccc1Br)c1cccc(Cl)c1. The first kappa shape index (κ1) is 18.3. The highest BCUT2D eigenvalue weighted by atomic mass is 79.9. The fourth-order valence-electron chi connectivity index (χ4n) is 2.02. The van der Waals surface area contributed by atoms with Crippen molar-refractivity contribution in [2.24, 2.45) is 0 Å². The van der Waals surface area contributed by atoms with Gasteiger partial charge in [0.1, 0.15) is 0 Å². The Kier molecular flexibility index (Phi) is 6.63. The molecule has 0 bridgehead atoms. The molecule has 0 aliphatic heterocycles. The summed E-state index contributed by atoms with van der Waals surface area (Å²) in [7, 11) is 0. The zero-order valence-corrected chi connectivity index (χ0v) is 15.3. The van der Waals surface area contributed by atoms with E-state index in [0.29, 0.717) is 10.7 Å². The van der Waals surface area contributed by atoms with Crippen LogP contribution in [0.3, 0.4) is 0 Å².